The van der Waals surface area contributed by atoms with E-state index in [0.29, 0.717) is 0 Å². The van der Waals surface area contributed by atoms with Crippen LogP contribution in [-0.2, 0) is 32.0 Å². The van der Waals surface area contributed by atoms with Crippen LogP contribution in [0.1, 0.15) is 11.1 Å². The Labute approximate surface area is 230 Å². The molecule has 38 heavy (non-hydrogen) atoms. The molecule has 7 N–H and O–H groups in total. The number of benzene rings is 2. The summed E-state index contributed by atoms with van der Waals surface area (Å²) in [6, 6.07) is 12.3. The first-order valence-electron chi connectivity index (χ1n) is 11.9. The van der Waals surface area contributed by atoms with Crippen molar-refractivity contribution in [2.24, 2.45) is 5.73 Å². The minimum Gasteiger partial charge on any atom is -0.480 e. The number of nitrogens with one attached hydrogen (secondary N) is 4. The van der Waals surface area contributed by atoms with Gasteiger partial charge in [-0.15, -0.1) is 0 Å². The molecule has 3 aromatic rings. The maximum absolute atomic E-state index is 13.2. The normalized spacial score (nSPS) is 14.2. The molecule has 0 aliphatic heterocycles. The van der Waals surface area contributed by atoms with Gasteiger partial charge in [0.05, 0.1) is 6.04 Å². The molecular formula is C26H31N5O5S2. The quantitative estimate of drug-likeness (QED) is 0.144. The molecule has 0 bridgehead atoms. The first kappa shape index (κ1) is 29.1. The van der Waals surface area contributed by atoms with Crippen LogP contribution in [0.3, 0.4) is 0 Å². The Bertz CT molecular complexity index is 1270. The second-order valence-electron chi connectivity index (χ2n) is 8.75. The number of para-hydroxylation sites is 1. The minimum atomic E-state index is -1.25. The van der Waals surface area contributed by atoms with E-state index in [2.05, 4.69) is 46.2 Å². The Balaban J connectivity index is 1.74. The van der Waals surface area contributed by atoms with Gasteiger partial charge in [0.2, 0.25) is 17.7 Å². The van der Waals surface area contributed by atoms with E-state index >= 15 is 0 Å². The second kappa shape index (κ2) is 13.9. The Kier molecular flexibility index (Phi) is 10.6. The van der Waals surface area contributed by atoms with Gasteiger partial charge in [0.1, 0.15) is 18.1 Å². The number of fused-ring (bicyclic) bond motifs is 1. The molecule has 0 aliphatic carbocycles. The molecule has 3 rings (SSSR count). The van der Waals surface area contributed by atoms with Crippen molar-refractivity contribution in [2.75, 3.05) is 11.5 Å². The van der Waals surface area contributed by atoms with Crippen molar-refractivity contribution in [3.05, 3.63) is 71.9 Å². The number of aromatic nitrogens is 1. The molecule has 1 aromatic heterocycles. The van der Waals surface area contributed by atoms with E-state index in [-0.39, 0.29) is 24.3 Å². The van der Waals surface area contributed by atoms with Gasteiger partial charge >= 0.3 is 5.97 Å². The lowest BCUT2D eigenvalue weighted by molar-refractivity contribution is -0.141. The number of carboxylic acids is 1. The summed E-state index contributed by atoms with van der Waals surface area (Å²) in [5, 5.41) is 17.8. The van der Waals surface area contributed by atoms with E-state index in [1.807, 2.05) is 54.6 Å². The molecule has 0 saturated heterocycles. The molecule has 0 fully saturated rings. The number of rotatable bonds is 13. The number of hydrogen-bond donors (Lipinski definition) is 8. The third-order valence-corrected chi connectivity index (χ3v) is 6.71. The summed E-state index contributed by atoms with van der Waals surface area (Å²) in [5.41, 5.74) is 8.51. The summed E-state index contributed by atoms with van der Waals surface area (Å²) in [6.07, 6.45) is 2.08. The zero-order valence-electron chi connectivity index (χ0n) is 20.5. The monoisotopic (exact) mass is 557 g/mol. The van der Waals surface area contributed by atoms with Crippen LogP contribution in [-0.4, -0.2) is 69.5 Å². The molecule has 3 amide bonds. The van der Waals surface area contributed by atoms with Gasteiger partial charge in [-0.2, -0.15) is 25.3 Å². The van der Waals surface area contributed by atoms with Gasteiger partial charge in [0, 0.05) is 35.0 Å². The largest absolute Gasteiger partial charge is 0.480 e. The summed E-state index contributed by atoms with van der Waals surface area (Å²) < 4.78 is 0. The third-order valence-electron chi connectivity index (χ3n) is 5.98. The molecule has 12 heteroatoms. The number of H-pyrrole nitrogens is 1. The number of carbonyl (C=O) groups excluding carboxylic acids is 3. The SMILES string of the molecule is NC(Cc1ccccc1)C(=O)NC(CS)C(=O)NC(Cc1c[nH]c2ccccc12)C(=O)NC(CS)C(=O)O. The Morgan fingerprint density at radius 3 is 2.03 bits per heavy atom. The summed E-state index contributed by atoms with van der Waals surface area (Å²) in [7, 11) is 0. The van der Waals surface area contributed by atoms with Crippen molar-refractivity contribution in [3.8, 4) is 0 Å². The maximum Gasteiger partial charge on any atom is 0.327 e. The smallest absolute Gasteiger partial charge is 0.327 e. The van der Waals surface area contributed by atoms with Gasteiger partial charge in [-0.05, 0) is 23.6 Å². The number of amides is 3. The summed E-state index contributed by atoms with van der Waals surface area (Å²) in [4.78, 5) is 53.5. The van der Waals surface area contributed by atoms with Crippen molar-refractivity contribution in [1.29, 1.82) is 0 Å². The van der Waals surface area contributed by atoms with Crippen molar-refractivity contribution in [1.82, 2.24) is 20.9 Å². The van der Waals surface area contributed by atoms with Crippen molar-refractivity contribution >= 4 is 59.9 Å². The maximum atomic E-state index is 13.2. The van der Waals surface area contributed by atoms with Crippen LogP contribution in [0.2, 0.25) is 0 Å². The minimum absolute atomic E-state index is 0.0502. The zero-order chi connectivity index (χ0) is 27.7. The standard InChI is InChI=1S/C26H31N5O5S2/c27-18(10-15-6-2-1-3-7-15)23(32)30-21(13-37)25(34)29-20(24(33)31-22(14-38)26(35)36)11-16-12-28-19-9-5-4-8-17(16)19/h1-9,12,18,20-22,28,37-38H,10-11,13-14,27H2,(H,29,34)(H,30,32)(H,31,33)(H,35,36). The molecule has 4 atom stereocenters. The van der Waals surface area contributed by atoms with Crippen LogP contribution < -0.4 is 21.7 Å². The highest BCUT2D eigenvalue weighted by atomic mass is 32.1. The lowest BCUT2D eigenvalue weighted by Gasteiger charge is -2.24. The number of carbonyl (C=O) groups is 4. The number of aliphatic carboxylic acids is 1. The van der Waals surface area contributed by atoms with E-state index in [1.165, 1.54) is 0 Å². The molecular weight excluding hydrogens is 526 g/mol. The fourth-order valence-electron chi connectivity index (χ4n) is 3.89. The van der Waals surface area contributed by atoms with Gasteiger partial charge in [-0.3, -0.25) is 14.4 Å². The number of carboxylic acid groups (broad SMARTS) is 1. The van der Waals surface area contributed by atoms with E-state index in [0.717, 1.165) is 22.0 Å². The Hall–Kier alpha value is -3.48. The first-order chi connectivity index (χ1) is 18.2. The van der Waals surface area contributed by atoms with Crippen LogP contribution in [0.15, 0.2) is 60.8 Å². The van der Waals surface area contributed by atoms with E-state index in [4.69, 9.17) is 5.73 Å². The number of aromatic amines is 1. The summed E-state index contributed by atoms with van der Waals surface area (Å²) >= 11 is 8.18. The first-order valence-corrected chi connectivity index (χ1v) is 13.2. The third kappa shape index (κ3) is 7.76. The molecule has 0 spiro atoms. The molecule has 0 aliphatic rings. The van der Waals surface area contributed by atoms with Gasteiger partial charge in [-0.25, -0.2) is 4.79 Å². The number of nitrogens with two attached hydrogens (primary N) is 1. The lowest BCUT2D eigenvalue weighted by Crippen LogP contribution is -2.58. The molecule has 4 unspecified atom stereocenters. The molecule has 202 valence electrons. The highest BCUT2D eigenvalue weighted by Gasteiger charge is 2.30. The zero-order valence-corrected chi connectivity index (χ0v) is 22.3. The van der Waals surface area contributed by atoms with Crippen LogP contribution in [0.5, 0.6) is 0 Å². The molecule has 10 nitrogen and oxygen atoms in total. The topological polar surface area (TPSA) is 166 Å². The summed E-state index contributed by atoms with van der Waals surface area (Å²) in [5.74, 6) is -3.33. The lowest BCUT2D eigenvalue weighted by atomic mass is 10.0. The molecule has 1 heterocycles. The van der Waals surface area contributed by atoms with Crippen LogP contribution in [0.25, 0.3) is 10.9 Å². The van der Waals surface area contributed by atoms with Gasteiger partial charge in [-0.1, -0.05) is 48.5 Å². The van der Waals surface area contributed by atoms with Crippen molar-refractivity contribution in [2.45, 2.75) is 37.0 Å². The number of hydrogen-bond acceptors (Lipinski definition) is 7. The fraction of sp³-hybridized carbons (Fsp3) is 0.308. The van der Waals surface area contributed by atoms with Gasteiger partial charge < -0.3 is 31.8 Å². The molecule has 2 aromatic carbocycles. The number of thiol groups is 2. The van der Waals surface area contributed by atoms with Crippen LogP contribution >= 0.6 is 25.3 Å². The summed E-state index contributed by atoms with van der Waals surface area (Å²) in [6.45, 7) is 0. The highest BCUT2D eigenvalue weighted by Crippen LogP contribution is 2.19. The Morgan fingerprint density at radius 1 is 0.789 bits per heavy atom. The predicted octanol–water partition coefficient (Wildman–Crippen LogP) is 0.679. The van der Waals surface area contributed by atoms with Gasteiger partial charge in [0.25, 0.3) is 0 Å². The Morgan fingerprint density at radius 2 is 1.37 bits per heavy atom. The predicted molar refractivity (Wildman–Crippen MR) is 151 cm³/mol. The van der Waals surface area contributed by atoms with E-state index in [9.17, 15) is 24.3 Å². The van der Waals surface area contributed by atoms with Gasteiger partial charge in [0.15, 0.2) is 0 Å². The average molecular weight is 558 g/mol. The molecule has 0 saturated carbocycles. The van der Waals surface area contributed by atoms with Crippen molar-refractivity contribution < 1.29 is 24.3 Å². The highest BCUT2D eigenvalue weighted by molar-refractivity contribution is 7.80. The van der Waals surface area contributed by atoms with Crippen molar-refractivity contribution in [3.63, 3.8) is 0 Å². The van der Waals surface area contributed by atoms with Crippen LogP contribution in [0, 0.1) is 0 Å². The van der Waals surface area contributed by atoms with E-state index in [1.54, 1.807) is 6.20 Å². The average Bonchev–Trinajstić information content (AvgIpc) is 3.32. The molecule has 0 radical (unpaired) electrons. The van der Waals surface area contributed by atoms with E-state index < -0.39 is 47.9 Å². The fourth-order valence-corrected chi connectivity index (χ4v) is 4.40. The van der Waals surface area contributed by atoms with Crippen LogP contribution in [0.4, 0.5) is 0 Å². The second-order valence-corrected chi connectivity index (χ2v) is 9.48.